The lowest BCUT2D eigenvalue weighted by molar-refractivity contribution is -0.419. The highest BCUT2D eigenvalue weighted by Crippen LogP contribution is 2.25. The highest BCUT2D eigenvalue weighted by molar-refractivity contribution is 5.56. The molecule has 0 aromatic heterocycles. The molecule has 2 rings (SSSR count). The predicted octanol–water partition coefficient (Wildman–Crippen LogP) is 4.50. The standard InChI is InChI=1S/C16H19NO2/c1-13-8-10-14(11-9-13)12-16(17(18)19)15-6-4-2-3-5-7-15/h6,8-12H,2-5,7H2,1H3/b16-12+. The molecule has 19 heavy (non-hydrogen) atoms. The molecule has 3 heteroatoms. The van der Waals surface area contributed by atoms with E-state index in [1.165, 1.54) is 0 Å². The minimum absolute atomic E-state index is 0.253. The Morgan fingerprint density at radius 3 is 2.63 bits per heavy atom. The normalized spacial score (nSPS) is 16.7. The fraction of sp³-hybridized carbons (Fsp3) is 0.375. The number of hydrogen-bond donors (Lipinski definition) is 0. The molecule has 0 bridgehead atoms. The molecular formula is C16H19NO2. The van der Waals surface area contributed by atoms with Crippen molar-refractivity contribution in [3.8, 4) is 0 Å². The number of rotatable bonds is 3. The van der Waals surface area contributed by atoms with Gasteiger partial charge >= 0.3 is 0 Å². The van der Waals surface area contributed by atoms with E-state index in [-0.39, 0.29) is 10.6 Å². The van der Waals surface area contributed by atoms with Crippen LogP contribution >= 0.6 is 0 Å². The van der Waals surface area contributed by atoms with E-state index in [1.54, 1.807) is 6.08 Å². The zero-order chi connectivity index (χ0) is 13.7. The van der Waals surface area contributed by atoms with Crippen molar-refractivity contribution >= 4 is 6.08 Å². The van der Waals surface area contributed by atoms with Crippen LogP contribution in [0.25, 0.3) is 6.08 Å². The Labute approximate surface area is 113 Å². The van der Waals surface area contributed by atoms with Crippen molar-refractivity contribution in [1.82, 2.24) is 0 Å². The second-order valence-corrected chi connectivity index (χ2v) is 5.03. The molecule has 0 atom stereocenters. The molecular weight excluding hydrogens is 238 g/mol. The monoisotopic (exact) mass is 257 g/mol. The van der Waals surface area contributed by atoms with Crippen LogP contribution in [0.2, 0.25) is 0 Å². The van der Waals surface area contributed by atoms with E-state index >= 15 is 0 Å². The Bertz CT molecular complexity index is 512. The molecule has 0 heterocycles. The SMILES string of the molecule is Cc1ccc(/C=C(\C2=CCCCCC2)[N+](=O)[O-])cc1. The zero-order valence-electron chi connectivity index (χ0n) is 11.3. The third-order valence-electron chi connectivity index (χ3n) is 3.45. The molecule has 0 amide bonds. The molecule has 1 aromatic carbocycles. The van der Waals surface area contributed by atoms with Gasteiger partial charge in [0.1, 0.15) is 0 Å². The topological polar surface area (TPSA) is 43.1 Å². The Balaban J connectivity index is 2.31. The van der Waals surface area contributed by atoms with Crippen molar-refractivity contribution in [3.05, 3.63) is 62.9 Å². The van der Waals surface area contributed by atoms with Crippen LogP contribution in [0.3, 0.4) is 0 Å². The Kier molecular flexibility index (Phi) is 4.50. The van der Waals surface area contributed by atoms with Crippen molar-refractivity contribution in [2.75, 3.05) is 0 Å². The predicted molar refractivity (Wildman–Crippen MR) is 77.3 cm³/mol. The highest BCUT2D eigenvalue weighted by atomic mass is 16.6. The first-order chi connectivity index (χ1) is 9.16. The Morgan fingerprint density at radius 2 is 1.95 bits per heavy atom. The van der Waals surface area contributed by atoms with Gasteiger partial charge in [0.15, 0.2) is 0 Å². The minimum Gasteiger partial charge on any atom is -0.258 e. The van der Waals surface area contributed by atoms with E-state index < -0.39 is 0 Å². The molecule has 1 aromatic rings. The van der Waals surface area contributed by atoms with Crippen LogP contribution in [0.5, 0.6) is 0 Å². The molecule has 1 aliphatic rings. The summed E-state index contributed by atoms with van der Waals surface area (Å²) in [7, 11) is 0. The zero-order valence-corrected chi connectivity index (χ0v) is 11.3. The molecule has 0 spiro atoms. The third-order valence-corrected chi connectivity index (χ3v) is 3.45. The van der Waals surface area contributed by atoms with Crippen molar-refractivity contribution in [2.24, 2.45) is 0 Å². The Hall–Kier alpha value is -1.90. The van der Waals surface area contributed by atoms with E-state index in [0.717, 1.165) is 48.8 Å². The molecule has 100 valence electrons. The van der Waals surface area contributed by atoms with E-state index in [0.29, 0.717) is 0 Å². The van der Waals surface area contributed by atoms with Gasteiger partial charge in [-0.15, -0.1) is 0 Å². The summed E-state index contributed by atoms with van der Waals surface area (Å²) in [4.78, 5) is 11.0. The van der Waals surface area contributed by atoms with Gasteiger partial charge in [0.25, 0.3) is 5.70 Å². The van der Waals surface area contributed by atoms with Crippen LogP contribution in [0.4, 0.5) is 0 Å². The van der Waals surface area contributed by atoms with Gasteiger partial charge in [0, 0.05) is 11.6 Å². The number of nitro groups is 1. The first-order valence-corrected chi connectivity index (χ1v) is 6.79. The van der Waals surface area contributed by atoms with Gasteiger partial charge in [0.2, 0.25) is 0 Å². The van der Waals surface area contributed by atoms with Crippen LogP contribution in [0.15, 0.2) is 41.6 Å². The summed E-state index contributed by atoms with van der Waals surface area (Å²) in [5, 5.41) is 11.3. The molecule has 1 aliphatic carbocycles. The fourth-order valence-electron chi connectivity index (χ4n) is 2.33. The van der Waals surface area contributed by atoms with E-state index in [2.05, 4.69) is 0 Å². The second-order valence-electron chi connectivity index (χ2n) is 5.03. The summed E-state index contributed by atoms with van der Waals surface area (Å²) in [5.74, 6) is 0. The number of aryl methyl sites for hydroxylation is 1. The van der Waals surface area contributed by atoms with Gasteiger partial charge in [-0.05, 0) is 38.2 Å². The number of hydrogen-bond acceptors (Lipinski definition) is 2. The molecule has 0 radical (unpaired) electrons. The van der Waals surface area contributed by atoms with Crippen molar-refractivity contribution in [1.29, 1.82) is 0 Å². The number of benzene rings is 1. The number of nitrogens with zero attached hydrogens (tertiary/aromatic N) is 1. The molecule has 0 aliphatic heterocycles. The lowest BCUT2D eigenvalue weighted by atomic mass is 10.0. The van der Waals surface area contributed by atoms with Gasteiger partial charge in [-0.1, -0.05) is 42.3 Å². The van der Waals surface area contributed by atoms with Crippen LogP contribution in [0, 0.1) is 17.0 Å². The summed E-state index contributed by atoms with van der Waals surface area (Å²) >= 11 is 0. The largest absolute Gasteiger partial charge is 0.272 e. The summed E-state index contributed by atoms with van der Waals surface area (Å²) in [5.41, 5.74) is 3.20. The van der Waals surface area contributed by atoms with Crippen molar-refractivity contribution in [3.63, 3.8) is 0 Å². The van der Waals surface area contributed by atoms with E-state index in [1.807, 2.05) is 37.3 Å². The van der Waals surface area contributed by atoms with Gasteiger partial charge in [0.05, 0.1) is 4.92 Å². The van der Waals surface area contributed by atoms with E-state index in [9.17, 15) is 10.1 Å². The summed E-state index contributed by atoms with van der Waals surface area (Å²) in [6.45, 7) is 2.01. The molecule has 0 saturated heterocycles. The van der Waals surface area contributed by atoms with Crippen LogP contribution in [-0.4, -0.2) is 4.92 Å². The highest BCUT2D eigenvalue weighted by Gasteiger charge is 2.18. The number of allylic oxidation sites excluding steroid dienone is 2. The first-order valence-electron chi connectivity index (χ1n) is 6.79. The molecule has 0 saturated carbocycles. The average Bonchev–Trinajstić information content (AvgIpc) is 2.66. The van der Waals surface area contributed by atoms with E-state index in [4.69, 9.17) is 0 Å². The first kappa shape index (κ1) is 13.5. The molecule has 0 unspecified atom stereocenters. The maximum absolute atomic E-state index is 11.3. The van der Waals surface area contributed by atoms with Gasteiger partial charge in [-0.2, -0.15) is 0 Å². The van der Waals surface area contributed by atoms with Gasteiger partial charge < -0.3 is 0 Å². The lowest BCUT2D eigenvalue weighted by Gasteiger charge is -2.03. The molecule has 0 N–H and O–H groups in total. The maximum atomic E-state index is 11.3. The summed E-state index contributed by atoms with van der Waals surface area (Å²) in [6, 6.07) is 7.81. The van der Waals surface area contributed by atoms with Crippen LogP contribution in [0.1, 0.15) is 43.2 Å². The average molecular weight is 257 g/mol. The minimum atomic E-state index is -0.253. The van der Waals surface area contributed by atoms with Crippen LogP contribution in [-0.2, 0) is 0 Å². The summed E-state index contributed by atoms with van der Waals surface area (Å²) in [6.07, 6.45) is 8.85. The Morgan fingerprint density at radius 1 is 1.21 bits per heavy atom. The molecule has 3 nitrogen and oxygen atoms in total. The lowest BCUT2D eigenvalue weighted by Crippen LogP contribution is -2.02. The quantitative estimate of drug-likeness (QED) is 0.591. The third kappa shape index (κ3) is 3.78. The van der Waals surface area contributed by atoms with Crippen molar-refractivity contribution in [2.45, 2.75) is 39.0 Å². The van der Waals surface area contributed by atoms with Gasteiger partial charge in [-0.3, -0.25) is 10.1 Å². The second kappa shape index (κ2) is 6.32. The summed E-state index contributed by atoms with van der Waals surface area (Å²) < 4.78 is 0. The van der Waals surface area contributed by atoms with Crippen molar-refractivity contribution < 1.29 is 4.92 Å². The van der Waals surface area contributed by atoms with Crippen LogP contribution < -0.4 is 0 Å². The maximum Gasteiger partial charge on any atom is 0.272 e. The smallest absolute Gasteiger partial charge is 0.258 e. The van der Waals surface area contributed by atoms with Gasteiger partial charge in [-0.25, -0.2) is 0 Å². The molecule has 0 fully saturated rings. The fourth-order valence-corrected chi connectivity index (χ4v) is 2.33.